The Bertz CT molecular complexity index is 503. The van der Waals surface area contributed by atoms with E-state index in [0.717, 1.165) is 6.42 Å². The Morgan fingerprint density at radius 3 is 2.68 bits per heavy atom. The fraction of sp³-hybridized carbons (Fsp3) is 0.417. The summed E-state index contributed by atoms with van der Waals surface area (Å²) in [5.74, 6) is -0.310. The highest BCUT2D eigenvalue weighted by atomic mass is 79.9. The van der Waals surface area contributed by atoms with E-state index >= 15 is 0 Å². The van der Waals surface area contributed by atoms with Crippen molar-refractivity contribution in [1.82, 2.24) is 0 Å². The van der Waals surface area contributed by atoms with Gasteiger partial charge in [0.2, 0.25) is 5.91 Å². The molecule has 0 aliphatic heterocycles. The first kappa shape index (κ1) is 15.6. The van der Waals surface area contributed by atoms with E-state index in [2.05, 4.69) is 21.2 Å². The second-order valence-corrected chi connectivity index (χ2v) is 5.40. The van der Waals surface area contributed by atoms with Crippen LogP contribution in [-0.2, 0) is 4.79 Å². The fourth-order valence-electron chi connectivity index (χ4n) is 1.64. The molecule has 6 nitrogen and oxygen atoms in total. The van der Waals surface area contributed by atoms with Gasteiger partial charge in [-0.15, -0.1) is 0 Å². The number of nitro benzene ring substituents is 1. The van der Waals surface area contributed by atoms with E-state index in [1.807, 2.05) is 6.92 Å². The van der Waals surface area contributed by atoms with Crippen LogP contribution in [0.15, 0.2) is 22.7 Å². The molecule has 104 valence electrons. The largest absolute Gasteiger partial charge is 0.324 e. The maximum absolute atomic E-state index is 12.0. The lowest BCUT2D eigenvalue weighted by molar-refractivity contribution is -0.385. The van der Waals surface area contributed by atoms with Crippen molar-refractivity contribution in [3.05, 3.63) is 32.8 Å². The average Bonchev–Trinajstić information content (AvgIpc) is 2.28. The molecule has 0 aliphatic rings. The first-order chi connectivity index (χ1) is 8.77. The fourth-order valence-corrected chi connectivity index (χ4v) is 2.16. The minimum absolute atomic E-state index is 0.0536. The summed E-state index contributed by atoms with van der Waals surface area (Å²) in [7, 11) is 0. The Hall–Kier alpha value is -1.47. The Morgan fingerprint density at radius 1 is 1.58 bits per heavy atom. The highest BCUT2D eigenvalue weighted by Crippen LogP contribution is 2.28. The van der Waals surface area contributed by atoms with Crippen molar-refractivity contribution in [3.63, 3.8) is 0 Å². The van der Waals surface area contributed by atoms with E-state index in [-0.39, 0.29) is 11.6 Å². The summed E-state index contributed by atoms with van der Waals surface area (Å²) in [6.45, 7) is 3.60. The first-order valence-corrected chi connectivity index (χ1v) is 6.61. The maximum atomic E-state index is 12.0. The number of nitrogens with two attached hydrogens (primary N) is 1. The van der Waals surface area contributed by atoms with E-state index in [9.17, 15) is 14.9 Å². The number of carbonyl (C=O) groups is 1. The summed E-state index contributed by atoms with van der Waals surface area (Å²) in [5.41, 5.74) is 5.36. The molecule has 1 aromatic rings. The molecule has 0 radical (unpaired) electrons. The SMILES string of the molecule is CCCC(C)(N)C(=O)Nc1ccc([N+](=O)[O-])c(Br)c1. The Labute approximate surface area is 119 Å². The summed E-state index contributed by atoms with van der Waals surface area (Å²) in [4.78, 5) is 22.1. The normalized spacial score (nSPS) is 13.7. The van der Waals surface area contributed by atoms with Gasteiger partial charge in [0.05, 0.1) is 14.9 Å². The molecule has 0 aliphatic carbocycles. The minimum Gasteiger partial charge on any atom is -0.324 e. The van der Waals surface area contributed by atoms with Gasteiger partial charge in [-0.25, -0.2) is 0 Å². The van der Waals surface area contributed by atoms with E-state index in [4.69, 9.17) is 5.73 Å². The van der Waals surface area contributed by atoms with E-state index in [0.29, 0.717) is 16.6 Å². The van der Waals surface area contributed by atoms with Gasteiger partial charge < -0.3 is 11.1 Å². The standard InChI is InChI=1S/C12H16BrN3O3/c1-3-6-12(2,14)11(17)15-8-4-5-10(16(18)19)9(13)7-8/h4-5,7H,3,6,14H2,1-2H3,(H,15,17). The minimum atomic E-state index is -0.955. The molecule has 3 N–H and O–H groups in total. The van der Waals surface area contributed by atoms with Crippen LogP contribution in [0, 0.1) is 10.1 Å². The van der Waals surface area contributed by atoms with Crippen LogP contribution < -0.4 is 11.1 Å². The molecule has 0 heterocycles. The monoisotopic (exact) mass is 329 g/mol. The number of amides is 1. The van der Waals surface area contributed by atoms with E-state index in [1.165, 1.54) is 18.2 Å². The molecule has 0 saturated heterocycles. The number of hydrogen-bond acceptors (Lipinski definition) is 4. The smallest absolute Gasteiger partial charge is 0.283 e. The number of rotatable bonds is 5. The second kappa shape index (κ2) is 6.12. The van der Waals surface area contributed by atoms with Gasteiger partial charge in [-0.3, -0.25) is 14.9 Å². The van der Waals surface area contributed by atoms with Gasteiger partial charge in [-0.1, -0.05) is 13.3 Å². The quantitative estimate of drug-likeness (QED) is 0.640. The van der Waals surface area contributed by atoms with Crippen LogP contribution >= 0.6 is 15.9 Å². The molecule has 1 aromatic carbocycles. The molecule has 0 aromatic heterocycles. The number of nitro groups is 1. The van der Waals surface area contributed by atoms with Crippen LogP contribution in [0.3, 0.4) is 0 Å². The van der Waals surface area contributed by atoms with Gasteiger partial charge in [-0.05, 0) is 41.4 Å². The molecule has 0 fully saturated rings. The summed E-state index contributed by atoms with van der Waals surface area (Å²) in [5, 5.41) is 13.3. The lowest BCUT2D eigenvalue weighted by atomic mass is 9.96. The van der Waals surface area contributed by atoms with Crippen LogP contribution in [0.25, 0.3) is 0 Å². The Morgan fingerprint density at radius 2 is 2.21 bits per heavy atom. The molecular formula is C12H16BrN3O3. The van der Waals surface area contributed by atoms with Gasteiger partial charge in [0.1, 0.15) is 0 Å². The molecule has 0 spiro atoms. The number of anilines is 1. The molecule has 0 bridgehead atoms. The third-order valence-corrected chi connectivity index (χ3v) is 3.33. The van der Waals surface area contributed by atoms with Gasteiger partial charge in [0, 0.05) is 11.8 Å². The average molecular weight is 330 g/mol. The van der Waals surface area contributed by atoms with E-state index < -0.39 is 10.5 Å². The first-order valence-electron chi connectivity index (χ1n) is 5.82. The molecule has 0 saturated carbocycles. The van der Waals surface area contributed by atoms with Crippen molar-refractivity contribution in [3.8, 4) is 0 Å². The predicted molar refractivity (Wildman–Crippen MR) is 76.9 cm³/mol. The topological polar surface area (TPSA) is 98.3 Å². The number of nitrogens with zero attached hydrogens (tertiary/aromatic N) is 1. The van der Waals surface area contributed by atoms with Gasteiger partial charge >= 0.3 is 0 Å². The van der Waals surface area contributed by atoms with Crippen LogP contribution in [0.5, 0.6) is 0 Å². The van der Waals surface area contributed by atoms with Crippen molar-refractivity contribution in [2.45, 2.75) is 32.2 Å². The zero-order valence-corrected chi connectivity index (χ0v) is 12.4. The zero-order valence-electron chi connectivity index (χ0n) is 10.8. The predicted octanol–water partition coefficient (Wildman–Crippen LogP) is 2.81. The highest BCUT2D eigenvalue weighted by molar-refractivity contribution is 9.10. The molecule has 19 heavy (non-hydrogen) atoms. The van der Waals surface area contributed by atoms with E-state index in [1.54, 1.807) is 6.92 Å². The lowest BCUT2D eigenvalue weighted by Gasteiger charge is -2.22. The Balaban J connectivity index is 2.87. The molecule has 1 unspecified atom stereocenters. The summed E-state index contributed by atoms with van der Waals surface area (Å²) < 4.78 is 0.310. The number of carbonyl (C=O) groups excluding carboxylic acids is 1. The van der Waals surface area contributed by atoms with Crippen LogP contribution in [0.1, 0.15) is 26.7 Å². The van der Waals surface area contributed by atoms with Gasteiger partial charge in [-0.2, -0.15) is 0 Å². The second-order valence-electron chi connectivity index (χ2n) is 4.54. The highest BCUT2D eigenvalue weighted by Gasteiger charge is 2.27. The molecule has 1 atom stereocenters. The molecule has 1 amide bonds. The maximum Gasteiger partial charge on any atom is 0.283 e. The van der Waals surface area contributed by atoms with Crippen LogP contribution in [0.2, 0.25) is 0 Å². The van der Waals surface area contributed by atoms with Crippen molar-refractivity contribution in [2.24, 2.45) is 5.73 Å². The van der Waals surface area contributed by atoms with Gasteiger partial charge in [0.15, 0.2) is 0 Å². The lowest BCUT2D eigenvalue weighted by Crippen LogP contribution is -2.48. The summed E-state index contributed by atoms with van der Waals surface area (Å²) in [6.07, 6.45) is 1.36. The van der Waals surface area contributed by atoms with Crippen molar-refractivity contribution in [2.75, 3.05) is 5.32 Å². The Kier molecular flexibility index (Phi) is 5.02. The number of nitrogens with one attached hydrogen (secondary N) is 1. The molecule has 7 heteroatoms. The van der Waals surface area contributed by atoms with Crippen molar-refractivity contribution in [1.29, 1.82) is 0 Å². The third kappa shape index (κ3) is 4.00. The molecule has 1 rings (SSSR count). The van der Waals surface area contributed by atoms with Crippen molar-refractivity contribution >= 4 is 33.2 Å². The van der Waals surface area contributed by atoms with Crippen LogP contribution in [0.4, 0.5) is 11.4 Å². The summed E-state index contributed by atoms with van der Waals surface area (Å²) in [6, 6.07) is 4.29. The van der Waals surface area contributed by atoms with Crippen LogP contribution in [-0.4, -0.2) is 16.4 Å². The third-order valence-electron chi connectivity index (χ3n) is 2.69. The number of benzene rings is 1. The zero-order chi connectivity index (χ0) is 14.6. The number of hydrogen-bond donors (Lipinski definition) is 2. The molecular weight excluding hydrogens is 314 g/mol. The number of halogens is 1. The van der Waals surface area contributed by atoms with Gasteiger partial charge in [0.25, 0.3) is 5.69 Å². The summed E-state index contributed by atoms with van der Waals surface area (Å²) >= 11 is 3.09. The van der Waals surface area contributed by atoms with Crippen molar-refractivity contribution < 1.29 is 9.72 Å².